The molecule has 2 aromatic carbocycles. The molecule has 160 valence electrons. The lowest BCUT2D eigenvalue weighted by molar-refractivity contribution is -0.172. The standard InChI is InChI=1S/C26H29N3O2/c30-25-17-31-26(18-29(25)23-7-8-23)10-13-28(14-11-26)16-19-1-3-20(4-2-19)22-6-5-21-9-12-27-24(21)15-22/h1-6,9,12,15,23,27H,7-8,10-11,13-14,16-18H2/i16D2. The zero-order valence-electron chi connectivity index (χ0n) is 19.6. The Morgan fingerprint density at radius 2 is 1.84 bits per heavy atom. The Balaban J connectivity index is 1.15. The van der Waals surface area contributed by atoms with Crippen LogP contribution in [0.4, 0.5) is 0 Å². The van der Waals surface area contributed by atoms with Crippen molar-refractivity contribution in [3.8, 4) is 11.1 Å². The van der Waals surface area contributed by atoms with Crippen LogP contribution in [0.1, 0.15) is 34.0 Å². The summed E-state index contributed by atoms with van der Waals surface area (Å²) in [4.78, 5) is 19.4. The third-order valence-corrected chi connectivity index (χ3v) is 7.00. The molecule has 3 aromatic rings. The van der Waals surface area contributed by atoms with Crippen LogP contribution in [0, 0.1) is 0 Å². The average Bonchev–Trinajstić information content (AvgIpc) is 3.57. The second kappa shape index (κ2) is 7.50. The van der Waals surface area contributed by atoms with Crippen LogP contribution < -0.4 is 0 Å². The Morgan fingerprint density at radius 1 is 1.06 bits per heavy atom. The van der Waals surface area contributed by atoms with E-state index in [1.54, 1.807) is 0 Å². The van der Waals surface area contributed by atoms with Crippen LogP contribution in [0.3, 0.4) is 0 Å². The van der Waals surface area contributed by atoms with Crippen LogP contribution >= 0.6 is 0 Å². The summed E-state index contributed by atoms with van der Waals surface area (Å²) in [7, 11) is 0. The smallest absolute Gasteiger partial charge is 0.248 e. The van der Waals surface area contributed by atoms with Crippen molar-refractivity contribution in [3.63, 3.8) is 0 Å². The molecule has 2 saturated heterocycles. The van der Waals surface area contributed by atoms with Gasteiger partial charge in [-0.05, 0) is 59.9 Å². The number of ether oxygens (including phenoxy) is 1. The number of morpholine rings is 1. The number of aromatic nitrogens is 1. The number of hydrogen-bond acceptors (Lipinski definition) is 3. The van der Waals surface area contributed by atoms with Crippen LogP contribution in [0.15, 0.2) is 54.7 Å². The number of hydrogen-bond donors (Lipinski definition) is 1. The van der Waals surface area contributed by atoms with E-state index in [0.717, 1.165) is 42.3 Å². The molecule has 1 N–H and O–H groups in total. The zero-order chi connectivity index (χ0) is 22.6. The van der Waals surface area contributed by atoms with E-state index in [1.807, 2.05) is 40.3 Å². The molecule has 1 saturated carbocycles. The van der Waals surface area contributed by atoms with Gasteiger partial charge in [-0.25, -0.2) is 0 Å². The molecule has 3 heterocycles. The van der Waals surface area contributed by atoms with E-state index < -0.39 is 6.50 Å². The van der Waals surface area contributed by atoms with Crippen molar-refractivity contribution < 1.29 is 12.3 Å². The van der Waals surface area contributed by atoms with E-state index in [9.17, 15) is 4.79 Å². The second-order valence-corrected chi connectivity index (χ2v) is 9.18. The fraction of sp³-hybridized carbons (Fsp3) is 0.423. The van der Waals surface area contributed by atoms with Crippen LogP contribution in [0.25, 0.3) is 22.0 Å². The molecule has 1 aromatic heterocycles. The highest BCUT2D eigenvalue weighted by atomic mass is 16.5. The summed E-state index contributed by atoms with van der Waals surface area (Å²) in [6, 6.07) is 16.6. The summed E-state index contributed by atoms with van der Waals surface area (Å²) < 4.78 is 23.8. The van der Waals surface area contributed by atoms with E-state index in [1.165, 1.54) is 5.39 Å². The van der Waals surface area contributed by atoms with E-state index in [4.69, 9.17) is 7.48 Å². The minimum Gasteiger partial charge on any atom is -0.363 e. The number of likely N-dealkylation sites (tertiary alicyclic amines) is 1. The van der Waals surface area contributed by atoms with Crippen LogP contribution in [0.2, 0.25) is 0 Å². The van der Waals surface area contributed by atoms with Crippen LogP contribution in [-0.4, -0.2) is 58.6 Å². The Hall–Kier alpha value is -2.63. The maximum atomic E-state index is 12.2. The maximum absolute atomic E-state index is 12.2. The molecule has 3 aliphatic rings. The Morgan fingerprint density at radius 3 is 2.61 bits per heavy atom. The number of carbonyl (C=O) groups is 1. The summed E-state index contributed by atoms with van der Waals surface area (Å²) in [6.07, 6.45) is 5.64. The third-order valence-electron chi connectivity index (χ3n) is 7.00. The molecule has 6 rings (SSSR count). The Bertz CT molecular complexity index is 1180. The normalized spacial score (nSPS) is 23.2. The topological polar surface area (TPSA) is 48.6 Å². The van der Waals surface area contributed by atoms with Gasteiger partial charge in [0.05, 0.1) is 12.1 Å². The van der Waals surface area contributed by atoms with Gasteiger partial charge in [-0.3, -0.25) is 9.69 Å². The highest BCUT2D eigenvalue weighted by molar-refractivity contribution is 5.84. The quantitative estimate of drug-likeness (QED) is 0.692. The first-order valence-electron chi connectivity index (χ1n) is 12.3. The summed E-state index contributed by atoms with van der Waals surface area (Å²) in [5.41, 5.74) is 3.64. The fourth-order valence-electron chi connectivity index (χ4n) is 4.94. The van der Waals surface area contributed by atoms with Crippen molar-refractivity contribution in [1.29, 1.82) is 0 Å². The minimum absolute atomic E-state index is 0.108. The number of piperidine rings is 1. The number of H-pyrrole nitrogens is 1. The lowest BCUT2D eigenvalue weighted by atomic mass is 9.89. The van der Waals surface area contributed by atoms with Gasteiger partial charge in [0.15, 0.2) is 0 Å². The zero-order valence-corrected chi connectivity index (χ0v) is 17.6. The van der Waals surface area contributed by atoms with Gasteiger partial charge in [-0.2, -0.15) is 0 Å². The Kier molecular flexibility index (Phi) is 4.11. The van der Waals surface area contributed by atoms with Crippen molar-refractivity contribution >= 4 is 16.8 Å². The van der Waals surface area contributed by atoms with E-state index in [2.05, 4.69) is 29.2 Å². The summed E-state index contributed by atoms with van der Waals surface area (Å²) >= 11 is 0. The molecule has 5 heteroatoms. The minimum atomic E-state index is -1.55. The highest BCUT2D eigenvalue weighted by Crippen LogP contribution is 2.36. The van der Waals surface area contributed by atoms with Gasteiger partial charge in [0.2, 0.25) is 5.91 Å². The van der Waals surface area contributed by atoms with Gasteiger partial charge < -0.3 is 14.6 Å². The van der Waals surface area contributed by atoms with Gasteiger partial charge in [-0.15, -0.1) is 0 Å². The van der Waals surface area contributed by atoms with Gasteiger partial charge in [-0.1, -0.05) is 36.4 Å². The predicted molar refractivity (Wildman–Crippen MR) is 122 cm³/mol. The van der Waals surface area contributed by atoms with Crippen LogP contribution in [0.5, 0.6) is 0 Å². The second-order valence-electron chi connectivity index (χ2n) is 9.18. The van der Waals surface area contributed by atoms with Crippen molar-refractivity contribution in [3.05, 3.63) is 60.3 Å². The van der Waals surface area contributed by atoms with Gasteiger partial charge >= 0.3 is 0 Å². The number of aromatic amines is 1. The molecule has 5 nitrogen and oxygen atoms in total. The lowest BCUT2D eigenvalue weighted by Gasteiger charge is -2.47. The number of carbonyl (C=O) groups excluding carboxylic acids is 1. The molecular weight excluding hydrogens is 386 g/mol. The van der Waals surface area contributed by atoms with Gasteiger partial charge in [0.25, 0.3) is 0 Å². The predicted octanol–water partition coefficient (Wildman–Crippen LogP) is 4.19. The molecule has 0 bridgehead atoms. The van der Waals surface area contributed by atoms with Crippen molar-refractivity contribution in [2.75, 3.05) is 26.2 Å². The molecule has 2 aliphatic heterocycles. The number of nitrogens with one attached hydrogen (secondary N) is 1. The number of amides is 1. The first-order valence-corrected chi connectivity index (χ1v) is 11.3. The van der Waals surface area contributed by atoms with Crippen molar-refractivity contribution in [2.45, 2.75) is 43.8 Å². The Labute approximate surface area is 185 Å². The summed E-state index contributed by atoms with van der Waals surface area (Å²) in [5.74, 6) is 0.108. The van der Waals surface area contributed by atoms with E-state index in [0.29, 0.717) is 31.2 Å². The number of benzene rings is 2. The summed E-state index contributed by atoms with van der Waals surface area (Å²) in [6.45, 7) is 0.506. The van der Waals surface area contributed by atoms with E-state index in [-0.39, 0.29) is 18.1 Å². The summed E-state index contributed by atoms with van der Waals surface area (Å²) in [5, 5.41) is 1.18. The highest BCUT2D eigenvalue weighted by Gasteiger charge is 2.46. The molecule has 0 atom stereocenters. The average molecular weight is 418 g/mol. The van der Waals surface area contributed by atoms with Crippen molar-refractivity contribution in [1.82, 2.24) is 14.8 Å². The first kappa shape index (κ1) is 17.0. The number of fused-ring (bicyclic) bond motifs is 1. The largest absolute Gasteiger partial charge is 0.363 e. The molecule has 1 amide bonds. The SMILES string of the molecule is [2H]C([2H])(c1ccc(-c2ccc3cc[nH]c3c2)cc1)N1CCC2(CC1)CN(C1CC1)C(=O)CO2. The van der Waals surface area contributed by atoms with Gasteiger partial charge in [0.1, 0.15) is 6.61 Å². The third kappa shape index (κ3) is 3.77. The monoisotopic (exact) mass is 417 g/mol. The molecule has 1 aliphatic carbocycles. The molecule has 0 radical (unpaired) electrons. The molecule has 31 heavy (non-hydrogen) atoms. The molecular formula is C26H29N3O2. The molecule has 0 unspecified atom stereocenters. The first-order chi connectivity index (χ1) is 15.9. The van der Waals surface area contributed by atoms with Crippen molar-refractivity contribution in [2.24, 2.45) is 0 Å². The molecule has 3 fully saturated rings. The number of rotatable bonds is 4. The maximum Gasteiger partial charge on any atom is 0.248 e. The van der Waals surface area contributed by atoms with Gasteiger partial charge in [0, 0.05) is 40.1 Å². The molecule has 1 spiro atoms. The van der Waals surface area contributed by atoms with E-state index >= 15 is 0 Å². The van der Waals surface area contributed by atoms with Crippen LogP contribution in [-0.2, 0) is 16.0 Å². The lowest BCUT2D eigenvalue weighted by Crippen LogP contribution is -2.59. The fourth-order valence-corrected chi connectivity index (χ4v) is 4.94. The number of nitrogens with zero attached hydrogens (tertiary/aromatic N) is 2.